The van der Waals surface area contributed by atoms with E-state index in [9.17, 15) is 43.2 Å². The minimum atomic E-state index is -4.97. The second-order valence-electron chi connectivity index (χ2n) is 33.4. The highest BCUT2D eigenvalue weighted by Crippen LogP contribution is 2.45. The summed E-state index contributed by atoms with van der Waals surface area (Å²) in [7, 11) is -9.93. The summed E-state index contributed by atoms with van der Waals surface area (Å²) in [4.78, 5) is 73.4. The monoisotopic (exact) mass is 1610 g/mol. The Balaban J connectivity index is 5.22. The second kappa shape index (κ2) is 80.8. The van der Waals surface area contributed by atoms with E-state index in [1.807, 2.05) is 0 Å². The van der Waals surface area contributed by atoms with Gasteiger partial charge in [0.2, 0.25) is 0 Å². The van der Waals surface area contributed by atoms with Crippen molar-refractivity contribution in [2.45, 2.75) is 503 Å². The SMILES string of the molecule is CCCCCCCCCCCCCCCCCCC(=O)O[C@H](COC(=O)CCCCCCCCC(C)CC)COP(=O)(O)OC[C@H](O)COP(=O)(O)OC[C@@H](COC(=O)CCCCCCCCCCCCCCCCCCCCC(C)CC)OC(=O)CCCCCCCCCCCCCCCCCCCCC(C)CC. The van der Waals surface area contributed by atoms with Crippen LogP contribution >= 0.6 is 15.6 Å². The number of phosphoric ester groups is 2. The van der Waals surface area contributed by atoms with Gasteiger partial charge < -0.3 is 33.8 Å². The lowest BCUT2D eigenvalue weighted by molar-refractivity contribution is -0.161. The van der Waals surface area contributed by atoms with Crippen molar-refractivity contribution in [2.24, 2.45) is 17.8 Å². The number of rotatable bonds is 89. The van der Waals surface area contributed by atoms with Gasteiger partial charge in [0, 0.05) is 25.7 Å². The summed E-state index contributed by atoms with van der Waals surface area (Å²) in [6.45, 7) is 12.1. The van der Waals surface area contributed by atoms with Crippen LogP contribution in [0.1, 0.15) is 485 Å². The molecule has 0 radical (unpaired) electrons. The fraction of sp³-hybridized carbons (Fsp3) is 0.956. The van der Waals surface area contributed by atoms with Crippen molar-refractivity contribution in [1.29, 1.82) is 0 Å². The Morgan fingerprint density at radius 3 is 0.645 bits per heavy atom. The highest BCUT2D eigenvalue weighted by Gasteiger charge is 2.31. The number of carbonyl (C=O) groups is 4. The molecule has 654 valence electrons. The van der Waals surface area contributed by atoms with Crippen molar-refractivity contribution in [3.63, 3.8) is 0 Å². The minimum absolute atomic E-state index is 0.108. The van der Waals surface area contributed by atoms with Gasteiger partial charge in [-0.15, -0.1) is 0 Å². The lowest BCUT2D eigenvalue weighted by Crippen LogP contribution is -2.30. The first-order chi connectivity index (χ1) is 53.3. The number of esters is 4. The molecule has 0 spiro atoms. The van der Waals surface area contributed by atoms with Crippen molar-refractivity contribution >= 4 is 39.5 Å². The molecule has 110 heavy (non-hydrogen) atoms. The lowest BCUT2D eigenvalue weighted by Gasteiger charge is -2.21. The van der Waals surface area contributed by atoms with Crippen molar-refractivity contribution in [3.05, 3.63) is 0 Å². The fourth-order valence-corrected chi connectivity index (χ4v) is 15.7. The molecule has 19 heteroatoms. The molecule has 8 atom stereocenters. The van der Waals surface area contributed by atoms with Gasteiger partial charge in [0.25, 0.3) is 0 Å². The molecule has 5 unspecified atom stereocenters. The molecule has 0 saturated carbocycles. The maximum absolute atomic E-state index is 13.2. The summed E-state index contributed by atoms with van der Waals surface area (Å²) in [5.41, 5.74) is 0. The lowest BCUT2D eigenvalue weighted by atomic mass is 9.99. The van der Waals surface area contributed by atoms with E-state index in [-0.39, 0.29) is 25.7 Å². The Hall–Kier alpha value is -1.94. The Morgan fingerprint density at radius 1 is 0.255 bits per heavy atom. The van der Waals surface area contributed by atoms with Gasteiger partial charge in [-0.25, -0.2) is 9.13 Å². The van der Waals surface area contributed by atoms with Crippen molar-refractivity contribution in [2.75, 3.05) is 39.6 Å². The largest absolute Gasteiger partial charge is 0.472 e. The van der Waals surface area contributed by atoms with E-state index in [2.05, 4.69) is 48.5 Å². The van der Waals surface area contributed by atoms with E-state index in [1.165, 1.54) is 289 Å². The summed E-state index contributed by atoms with van der Waals surface area (Å²) < 4.78 is 69.0. The number of hydrogen-bond acceptors (Lipinski definition) is 15. The van der Waals surface area contributed by atoms with Gasteiger partial charge in [0.1, 0.15) is 19.3 Å². The number of carbonyl (C=O) groups excluding carboxylic acids is 4. The van der Waals surface area contributed by atoms with Crippen LogP contribution in [0.3, 0.4) is 0 Å². The Labute approximate surface area is 677 Å². The van der Waals surface area contributed by atoms with Crippen LogP contribution in [0.4, 0.5) is 0 Å². The average molecular weight is 1610 g/mol. The molecule has 3 N–H and O–H groups in total. The minimum Gasteiger partial charge on any atom is -0.462 e. The molecule has 0 rings (SSSR count). The molecule has 0 heterocycles. The van der Waals surface area contributed by atoms with E-state index in [1.54, 1.807) is 0 Å². The van der Waals surface area contributed by atoms with Gasteiger partial charge in [0.05, 0.1) is 26.4 Å². The van der Waals surface area contributed by atoms with Crippen LogP contribution in [0.15, 0.2) is 0 Å². The molecule has 0 saturated heterocycles. The number of aliphatic hydroxyl groups is 1. The Morgan fingerprint density at radius 2 is 0.436 bits per heavy atom. The van der Waals surface area contributed by atoms with E-state index in [0.29, 0.717) is 25.7 Å². The molecule has 0 fully saturated rings. The number of hydrogen-bond donors (Lipinski definition) is 3. The Bertz CT molecular complexity index is 2120. The van der Waals surface area contributed by atoms with Gasteiger partial charge in [-0.3, -0.25) is 37.3 Å². The number of unbranched alkanes of at least 4 members (excludes halogenated alkanes) is 54. The molecule has 0 aromatic carbocycles. The van der Waals surface area contributed by atoms with Gasteiger partial charge >= 0.3 is 39.5 Å². The van der Waals surface area contributed by atoms with Crippen LogP contribution in [0.5, 0.6) is 0 Å². The maximum atomic E-state index is 13.2. The topological polar surface area (TPSA) is 237 Å². The predicted molar refractivity (Wildman–Crippen MR) is 455 cm³/mol. The van der Waals surface area contributed by atoms with Crippen LogP contribution in [0, 0.1) is 17.8 Å². The zero-order chi connectivity index (χ0) is 80.8. The normalized spacial score (nSPS) is 14.5. The Kier molecular flexibility index (Phi) is 79.4. The molecule has 0 aliphatic carbocycles. The predicted octanol–water partition coefficient (Wildman–Crippen LogP) is 28.0. The first kappa shape index (κ1) is 108. The zero-order valence-electron chi connectivity index (χ0n) is 72.7. The van der Waals surface area contributed by atoms with Crippen LogP contribution in [-0.4, -0.2) is 96.7 Å². The van der Waals surface area contributed by atoms with Crippen LogP contribution in [-0.2, 0) is 65.4 Å². The van der Waals surface area contributed by atoms with Gasteiger partial charge in [-0.2, -0.15) is 0 Å². The molecule has 0 bridgehead atoms. The van der Waals surface area contributed by atoms with Crippen molar-refractivity contribution in [1.82, 2.24) is 0 Å². The van der Waals surface area contributed by atoms with Gasteiger partial charge in [0.15, 0.2) is 12.2 Å². The number of phosphoric acid groups is 2. The summed E-state index contributed by atoms with van der Waals surface area (Å²) in [5, 5.41) is 10.7. The standard InChI is InChI=1S/C91H178O17P2/c1-8-12-13-14-15-16-17-18-19-30-36-41-46-51-60-67-75-91(96)108-87(79-102-89(94)73-66-59-54-53-57-64-71-84(7)11-4)81-106-110(99,100)104-77-85(92)76-103-109(97,98)105-80-86(107-90(95)74-68-61-52-47-42-37-32-27-23-21-25-29-34-39-44-49-56-63-70-83(6)10-3)78-101-88(93)72-65-58-50-45-40-35-31-26-22-20-24-28-33-38-43-48-55-62-69-82(5)9-2/h82-87,92H,8-81H2,1-7H3,(H,97,98)(H,99,100)/t82?,83?,84?,85-,86-,87-/m1/s1. The fourth-order valence-electron chi connectivity index (χ4n) is 14.2. The third-order valence-electron chi connectivity index (χ3n) is 22.5. The van der Waals surface area contributed by atoms with Crippen LogP contribution in [0.2, 0.25) is 0 Å². The molecule has 0 aromatic heterocycles. The van der Waals surface area contributed by atoms with E-state index in [4.69, 9.17) is 37.0 Å². The summed E-state index contributed by atoms with van der Waals surface area (Å²) in [6.07, 6.45) is 73.7. The highest BCUT2D eigenvalue weighted by atomic mass is 31.2. The van der Waals surface area contributed by atoms with Crippen molar-refractivity contribution in [3.8, 4) is 0 Å². The average Bonchev–Trinajstić information content (AvgIpc) is 0.898. The quantitative estimate of drug-likeness (QED) is 0.0222. The van der Waals surface area contributed by atoms with E-state index >= 15 is 0 Å². The second-order valence-corrected chi connectivity index (χ2v) is 36.3. The van der Waals surface area contributed by atoms with Gasteiger partial charge in [-0.1, -0.05) is 434 Å². The molecule has 0 aliphatic rings. The zero-order valence-corrected chi connectivity index (χ0v) is 74.5. The maximum Gasteiger partial charge on any atom is 0.472 e. The smallest absolute Gasteiger partial charge is 0.462 e. The molecular formula is C91H178O17P2. The van der Waals surface area contributed by atoms with E-state index in [0.717, 1.165) is 114 Å². The highest BCUT2D eigenvalue weighted by molar-refractivity contribution is 7.47. The molecule has 0 aliphatic heterocycles. The summed E-state index contributed by atoms with van der Waals surface area (Å²) in [6, 6.07) is 0. The summed E-state index contributed by atoms with van der Waals surface area (Å²) in [5.74, 6) is 0.376. The molecule has 0 amide bonds. The number of ether oxygens (including phenoxy) is 4. The van der Waals surface area contributed by atoms with E-state index < -0.39 is 97.5 Å². The molecular weight excluding hydrogens is 1430 g/mol. The van der Waals surface area contributed by atoms with Crippen molar-refractivity contribution < 1.29 is 80.2 Å². The molecule has 17 nitrogen and oxygen atoms in total. The van der Waals surface area contributed by atoms with Gasteiger partial charge in [-0.05, 0) is 43.4 Å². The van der Waals surface area contributed by atoms with Crippen LogP contribution in [0.25, 0.3) is 0 Å². The first-order valence-electron chi connectivity index (χ1n) is 47.0. The third kappa shape index (κ3) is 79.9. The summed E-state index contributed by atoms with van der Waals surface area (Å²) >= 11 is 0. The number of aliphatic hydroxyl groups excluding tert-OH is 1. The molecule has 0 aromatic rings. The first-order valence-corrected chi connectivity index (χ1v) is 50.0. The third-order valence-corrected chi connectivity index (χ3v) is 24.4. The van der Waals surface area contributed by atoms with Crippen LogP contribution < -0.4 is 0 Å².